The van der Waals surface area contributed by atoms with E-state index in [1.54, 1.807) is 22.7 Å². The molecule has 1 heterocycles. The number of methoxy groups -OCH3 is 1. The maximum atomic E-state index is 12.9. The highest BCUT2D eigenvalue weighted by Crippen LogP contribution is 2.15. The molecule has 0 unspecified atom stereocenters. The highest BCUT2D eigenvalue weighted by molar-refractivity contribution is 7.80. The van der Waals surface area contributed by atoms with Gasteiger partial charge in [-0.2, -0.15) is 5.10 Å². The molecule has 0 saturated carbocycles. The first-order chi connectivity index (χ1) is 13.5. The fraction of sp³-hybridized carbons (Fsp3) is 0.150. The Balaban J connectivity index is 1.76. The van der Waals surface area contributed by atoms with Crippen LogP contribution in [0.1, 0.15) is 11.3 Å². The van der Waals surface area contributed by atoms with Crippen LogP contribution in [0.2, 0.25) is 0 Å². The molecule has 2 N–H and O–H groups in total. The summed E-state index contributed by atoms with van der Waals surface area (Å²) in [4.78, 5) is 12.9. The molecular weight excluding hydrogens is 374 g/mol. The molecule has 0 aliphatic rings. The minimum atomic E-state index is -0.191. The van der Waals surface area contributed by atoms with E-state index in [1.807, 2.05) is 68.6 Å². The Morgan fingerprint density at radius 3 is 2.54 bits per heavy atom. The molecule has 0 amide bonds. The van der Waals surface area contributed by atoms with E-state index in [9.17, 15) is 4.79 Å². The van der Waals surface area contributed by atoms with Crippen LogP contribution in [-0.2, 0) is 7.05 Å². The number of anilines is 1. The highest BCUT2D eigenvalue weighted by atomic mass is 32.1. The van der Waals surface area contributed by atoms with Gasteiger partial charge in [0, 0.05) is 12.6 Å². The van der Waals surface area contributed by atoms with Gasteiger partial charge in [-0.3, -0.25) is 14.9 Å². The van der Waals surface area contributed by atoms with Crippen LogP contribution in [0.25, 0.3) is 5.69 Å². The predicted molar refractivity (Wildman–Crippen MR) is 116 cm³/mol. The molecule has 0 spiro atoms. The summed E-state index contributed by atoms with van der Waals surface area (Å²) in [6.45, 7) is 1.85. The topological polar surface area (TPSA) is 72.6 Å². The second kappa shape index (κ2) is 8.53. The van der Waals surface area contributed by atoms with Gasteiger partial charge in [-0.15, -0.1) is 0 Å². The van der Waals surface area contributed by atoms with Crippen molar-refractivity contribution in [2.75, 3.05) is 12.4 Å². The molecule has 7 nitrogen and oxygen atoms in total. The summed E-state index contributed by atoms with van der Waals surface area (Å²) in [5, 5.41) is 7.28. The van der Waals surface area contributed by atoms with Crippen LogP contribution >= 0.6 is 12.2 Å². The van der Waals surface area contributed by atoms with Gasteiger partial charge in [-0.05, 0) is 43.4 Å². The molecule has 8 heteroatoms. The average molecular weight is 395 g/mol. The highest BCUT2D eigenvalue weighted by Gasteiger charge is 2.16. The lowest BCUT2D eigenvalue weighted by Crippen LogP contribution is -2.28. The van der Waals surface area contributed by atoms with Crippen LogP contribution < -0.4 is 21.0 Å². The van der Waals surface area contributed by atoms with Crippen molar-refractivity contribution in [3.8, 4) is 11.4 Å². The molecule has 0 radical (unpaired) electrons. The lowest BCUT2D eigenvalue weighted by molar-refractivity contribution is 0.414. The van der Waals surface area contributed by atoms with Crippen molar-refractivity contribution in [3.63, 3.8) is 0 Å². The van der Waals surface area contributed by atoms with Gasteiger partial charge in [0.05, 0.1) is 24.7 Å². The number of hydrogen-bond acceptors (Lipinski definition) is 4. The largest absolute Gasteiger partial charge is 0.496 e. The maximum Gasteiger partial charge on any atom is 0.295 e. The van der Waals surface area contributed by atoms with Crippen LogP contribution in [0.4, 0.5) is 5.69 Å². The number of benzene rings is 2. The van der Waals surface area contributed by atoms with E-state index in [0.29, 0.717) is 11.4 Å². The van der Waals surface area contributed by atoms with Crippen LogP contribution in [0.15, 0.2) is 64.5 Å². The summed E-state index contributed by atoms with van der Waals surface area (Å²) < 4.78 is 8.63. The Morgan fingerprint density at radius 2 is 1.82 bits per heavy atom. The Bertz CT molecular complexity index is 1070. The van der Waals surface area contributed by atoms with E-state index < -0.39 is 0 Å². The van der Waals surface area contributed by atoms with Crippen LogP contribution in [-0.4, -0.2) is 27.8 Å². The number of para-hydroxylation sites is 2. The van der Waals surface area contributed by atoms with Crippen molar-refractivity contribution >= 4 is 29.2 Å². The number of ether oxygens (including phenoxy) is 1. The maximum absolute atomic E-state index is 12.9. The van der Waals surface area contributed by atoms with Crippen molar-refractivity contribution in [2.24, 2.45) is 12.1 Å². The Labute approximate surface area is 168 Å². The third kappa shape index (κ3) is 3.96. The smallest absolute Gasteiger partial charge is 0.295 e. The first-order valence-electron chi connectivity index (χ1n) is 8.60. The molecule has 0 bridgehead atoms. The van der Waals surface area contributed by atoms with Gasteiger partial charge in [0.15, 0.2) is 5.11 Å². The number of rotatable bonds is 5. The van der Waals surface area contributed by atoms with Gasteiger partial charge in [0.1, 0.15) is 11.4 Å². The lowest BCUT2D eigenvalue weighted by Gasteiger charge is -2.07. The lowest BCUT2D eigenvalue weighted by atomic mass is 10.2. The minimum absolute atomic E-state index is 0.191. The third-order valence-electron chi connectivity index (χ3n) is 4.30. The zero-order valence-corrected chi connectivity index (χ0v) is 16.7. The summed E-state index contributed by atoms with van der Waals surface area (Å²) >= 11 is 5.28. The summed E-state index contributed by atoms with van der Waals surface area (Å²) in [6.07, 6.45) is 1.60. The third-order valence-corrected chi connectivity index (χ3v) is 4.49. The second-order valence-corrected chi connectivity index (χ2v) is 6.41. The number of nitrogens with zero attached hydrogens (tertiary/aromatic N) is 3. The van der Waals surface area contributed by atoms with Crippen molar-refractivity contribution in [3.05, 3.63) is 76.2 Å². The number of aromatic nitrogens is 2. The molecule has 3 aromatic rings. The molecule has 0 aliphatic heterocycles. The van der Waals surface area contributed by atoms with E-state index in [-0.39, 0.29) is 10.7 Å². The molecule has 0 aliphatic carbocycles. The van der Waals surface area contributed by atoms with E-state index in [2.05, 4.69) is 15.8 Å². The zero-order valence-electron chi connectivity index (χ0n) is 15.8. The van der Waals surface area contributed by atoms with Gasteiger partial charge < -0.3 is 10.1 Å². The van der Waals surface area contributed by atoms with Gasteiger partial charge >= 0.3 is 0 Å². The first-order valence-corrected chi connectivity index (χ1v) is 9.01. The van der Waals surface area contributed by atoms with Crippen molar-refractivity contribution in [1.82, 2.24) is 14.8 Å². The van der Waals surface area contributed by atoms with Gasteiger partial charge in [-0.25, -0.2) is 4.68 Å². The normalized spacial score (nSPS) is 10.8. The monoisotopic (exact) mass is 395 g/mol. The average Bonchev–Trinajstić information content (AvgIpc) is 2.92. The Hall–Kier alpha value is -3.39. The standard InChI is InChI=1S/C20H21N5O2S/c1-14-18(19(26)25(24(14)2)16-10-5-4-6-11-16)22-20(28)23-21-13-15-9-7-8-12-17(15)27-3/h4-13H,1-3H3,(H2,22,23,28)/b21-13+. The fourth-order valence-electron chi connectivity index (χ4n) is 2.79. The number of hydrogen-bond donors (Lipinski definition) is 2. The van der Waals surface area contributed by atoms with Crippen molar-refractivity contribution in [1.29, 1.82) is 0 Å². The summed E-state index contributed by atoms with van der Waals surface area (Å²) in [7, 11) is 3.42. The SMILES string of the molecule is COc1ccccc1/C=N/NC(=S)Nc1c(C)n(C)n(-c2ccccc2)c1=O. The molecule has 3 rings (SSSR count). The Morgan fingerprint density at radius 1 is 1.14 bits per heavy atom. The predicted octanol–water partition coefficient (Wildman–Crippen LogP) is 2.81. The van der Waals surface area contributed by atoms with Crippen LogP contribution in [0, 0.1) is 6.92 Å². The van der Waals surface area contributed by atoms with Crippen molar-refractivity contribution in [2.45, 2.75) is 6.92 Å². The van der Waals surface area contributed by atoms with Gasteiger partial charge in [0.25, 0.3) is 5.56 Å². The Kier molecular flexibility index (Phi) is 5.90. The number of hydrazone groups is 1. The number of thiocarbonyl (C=S) groups is 1. The molecular formula is C20H21N5O2S. The first kappa shape index (κ1) is 19.4. The number of nitrogens with one attached hydrogen (secondary N) is 2. The quantitative estimate of drug-likeness (QED) is 0.395. The van der Waals surface area contributed by atoms with Gasteiger partial charge in [0.2, 0.25) is 0 Å². The van der Waals surface area contributed by atoms with E-state index in [0.717, 1.165) is 16.9 Å². The van der Waals surface area contributed by atoms with E-state index in [1.165, 1.54) is 0 Å². The fourth-order valence-corrected chi connectivity index (χ4v) is 2.94. The van der Waals surface area contributed by atoms with Gasteiger partial charge in [-0.1, -0.05) is 30.3 Å². The van der Waals surface area contributed by atoms with Crippen LogP contribution in [0.5, 0.6) is 5.75 Å². The van der Waals surface area contributed by atoms with Crippen LogP contribution in [0.3, 0.4) is 0 Å². The molecule has 144 valence electrons. The molecule has 0 fully saturated rings. The minimum Gasteiger partial charge on any atom is -0.496 e. The zero-order chi connectivity index (χ0) is 20.1. The van der Waals surface area contributed by atoms with Crippen molar-refractivity contribution < 1.29 is 4.74 Å². The van der Waals surface area contributed by atoms with E-state index >= 15 is 0 Å². The summed E-state index contributed by atoms with van der Waals surface area (Å²) in [5.41, 5.74) is 5.28. The summed E-state index contributed by atoms with van der Waals surface area (Å²) in [5.74, 6) is 0.705. The molecule has 1 aromatic heterocycles. The molecule has 28 heavy (non-hydrogen) atoms. The molecule has 0 atom stereocenters. The van der Waals surface area contributed by atoms with E-state index in [4.69, 9.17) is 17.0 Å². The summed E-state index contributed by atoms with van der Waals surface area (Å²) in [6, 6.07) is 16.9. The molecule has 2 aromatic carbocycles. The molecule has 0 saturated heterocycles. The second-order valence-electron chi connectivity index (χ2n) is 6.00.